The van der Waals surface area contributed by atoms with Crippen molar-refractivity contribution in [2.45, 2.75) is 20.0 Å². The Morgan fingerprint density at radius 1 is 1.06 bits per heavy atom. The van der Waals surface area contributed by atoms with Crippen molar-refractivity contribution < 1.29 is 24.1 Å². The van der Waals surface area contributed by atoms with Gasteiger partial charge in [-0.05, 0) is 37.4 Å². The number of benzene rings is 2. The van der Waals surface area contributed by atoms with E-state index in [1.165, 1.54) is 0 Å². The molecule has 1 aromatic heterocycles. The van der Waals surface area contributed by atoms with Crippen molar-refractivity contribution in [2.24, 2.45) is 0 Å². The number of carbonyl (C=O) groups excluding carboxylic acids is 1. The van der Waals surface area contributed by atoms with Gasteiger partial charge in [-0.15, -0.1) is 0 Å². The zero-order valence-electron chi connectivity index (χ0n) is 19.9. The van der Waals surface area contributed by atoms with Crippen LogP contribution in [0.15, 0.2) is 42.5 Å². The normalized spacial score (nSPS) is 12.1. The molecule has 1 unspecified atom stereocenters. The lowest BCUT2D eigenvalue weighted by atomic mass is 10.2. The van der Waals surface area contributed by atoms with Gasteiger partial charge in [-0.1, -0.05) is 26.0 Å². The maximum absolute atomic E-state index is 13.4. The summed E-state index contributed by atoms with van der Waals surface area (Å²) in [7, 11) is 4.71. The number of likely N-dealkylation sites (N-methyl/N-ethyl adjacent to an activating group) is 1. The first kappa shape index (κ1) is 24.4. The zero-order valence-corrected chi connectivity index (χ0v) is 19.9. The Balaban J connectivity index is 2.06. The summed E-state index contributed by atoms with van der Waals surface area (Å²) in [5, 5.41) is 14.1. The summed E-state index contributed by atoms with van der Waals surface area (Å²) in [4.78, 5) is 15.5. The van der Waals surface area contributed by atoms with Crippen molar-refractivity contribution in [2.75, 3.05) is 47.5 Å². The number of nitrogens with zero attached hydrogens (tertiary/aromatic N) is 2. The second-order valence-electron chi connectivity index (χ2n) is 7.62. The predicted molar refractivity (Wildman–Crippen MR) is 129 cm³/mol. The van der Waals surface area contributed by atoms with Gasteiger partial charge in [-0.3, -0.25) is 9.36 Å². The van der Waals surface area contributed by atoms with Gasteiger partial charge < -0.3 is 29.5 Å². The lowest BCUT2D eigenvalue weighted by Gasteiger charge is -2.22. The predicted octanol–water partition coefficient (Wildman–Crippen LogP) is 3.09. The van der Waals surface area contributed by atoms with E-state index in [1.54, 1.807) is 27.4 Å². The maximum atomic E-state index is 13.4. The van der Waals surface area contributed by atoms with Crippen LogP contribution < -0.4 is 19.5 Å². The van der Waals surface area contributed by atoms with Crippen LogP contribution in [-0.4, -0.2) is 74.1 Å². The SMILES string of the molecule is CCN(CC)CC(O)CNC(=O)c1c(OC)c2ccccc2n1-c1ccc(OC)cc1OC. The summed E-state index contributed by atoms with van der Waals surface area (Å²) in [5.41, 5.74) is 1.80. The van der Waals surface area contributed by atoms with E-state index >= 15 is 0 Å². The molecule has 8 heteroatoms. The van der Waals surface area contributed by atoms with Gasteiger partial charge in [0.25, 0.3) is 5.91 Å². The highest BCUT2D eigenvalue weighted by Crippen LogP contribution is 2.39. The molecule has 0 aliphatic carbocycles. The number of ether oxygens (including phenoxy) is 3. The number of carbonyl (C=O) groups is 1. The van der Waals surface area contributed by atoms with Gasteiger partial charge in [0.05, 0.1) is 38.6 Å². The van der Waals surface area contributed by atoms with Crippen molar-refractivity contribution in [3.05, 3.63) is 48.2 Å². The first-order valence-corrected chi connectivity index (χ1v) is 11.1. The second-order valence-corrected chi connectivity index (χ2v) is 7.62. The van der Waals surface area contributed by atoms with Gasteiger partial charge in [0.1, 0.15) is 11.5 Å². The summed E-state index contributed by atoms with van der Waals surface area (Å²) < 4.78 is 18.5. The minimum absolute atomic E-state index is 0.125. The average molecular weight is 456 g/mol. The fourth-order valence-electron chi connectivity index (χ4n) is 3.98. The molecule has 3 rings (SSSR count). The van der Waals surface area contributed by atoms with Gasteiger partial charge in [-0.2, -0.15) is 0 Å². The molecule has 3 aromatic rings. The number of fused-ring (bicyclic) bond motifs is 1. The number of hydrogen-bond acceptors (Lipinski definition) is 6. The Kier molecular flexibility index (Phi) is 8.19. The Morgan fingerprint density at radius 3 is 2.42 bits per heavy atom. The molecule has 2 aromatic carbocycles. The first-order valence-electron chi connectivity index (χ1n) is 11.1. The smallest absolute Gasteiger partial charge is 0.272 e. The third kappa shape index (κ3) is 5.07. The number of methoxy groups -OCH3 is 3. The number of aliphatic hydroxyl groups is 1. The molecule has 1 heterocycles. The average Bonchev–Trinajstić information content (AvgIpc) is 3.19. The van der Waals surface area contributed by atoms with Crippen LogP contribution in [0.3, 0.4) is 0 Å². The first-order chi connectivity index (χ1) is 16.0. The van der Waals surface area contributed by atoms with E-state index in [4.69, 9.17) is 14.2 Å². The summed E-state index contributed by atoms with van der Waals surface area (Å²) in [5.74, 6) is 1.30. The minimum Gasteiger partial charge on any atom is -0.497 e. The highest BCUT2D eigenvalue weighted by Gasteiger charge is 2.26. The molecule has 0 saturated carbocycles. The largest absolute Gasteiger partial charge is 0.497 e. The van der Waals surface area contributed by atoms with E-state index in [1.807, 2.05) is 54.8 Å². The van der Waals surface area contributed by atoms with E-state index in [2.05, 4.69) is 10.2 Å². The molecular weight excluding hydrogens is 422 g/mol. The van der Waals surface area contributed by atoms with Crippen LogP contribution in [-0.2, 0) is 0 Å². The molecular formula is C25H33N3O5. The van der Waals surface area contributed by atoms with E-state index in [9.17, 15) is 9.90 Å². The van der Waals surface area contributed by atoms with Crippen LogP contribution in [0.4, 0.5) is 0 Å². The highest BCUT2D eigenvalue weighted by molar-refractivity contribution is 6.05. The summed E-state index contributed by atoms with van der Waals surface area (Å²) in [6.07, 6.45) is -0.687. The van der Waals surface area contributed by atoms with Crippen molar-refractivity contribution in [1.29, 1.82) is 0 Å². The van der Waals surface area contributed by atoms with Crippen molar-refractivity contribution in [3.8, 4) is 22.9 Å². The lowest BCUT2D eigenvalue weighted by Crippen LogP contribution is -2.40. The Morgan fingerprint density at radius 2 is 1.79 bits per heavy atom. The highest BCUT2D eigenvalue weighted by atomic mass is 16.5. The number of aromatic nitrogens is 1. The fourth-order valence-corrected chi connectivity index (χ4v) is 3.98. The van der Waals surface area contributed by atoms with Crippen LogP contribution in [0, 0.1) is 0 Å². The number of para-hydroxylation sites is 1. The lowest BCUT2D eigenvalue weighted by molar-refractivity contribution is 0.0861. The zero-order chi connectivity index (χ0) is 24.0. The van der Waals surface area contributed by atoms with Gasteiger partial charge in [0.15, 0.2) is 11.4 Å². The molecule has 0 radical (unpaired) electrons. The Labute approximate surface area is 194 Å². The number of hydrogen-bond donors (Lipinski definition) is 2. The third-order valence-electron chi connectivity index (χ3n) is 5.74. The molecule has 0 spiro atoms. The number of amides is 1. The number of nitrogens with one attached hydrogen (secondary N) is 1. The molecule has 0 aliphatic heterocycles. The van der Waals surface area contributed by atoms with E-state index in [-0.39, 0.29) is 12.5 Å². The van der Waals surface area contributed by atoms with E-state index in [0.717, 1.165) is 24.0 Å². The maximum Gasteiger partial charge on any atom is 0.272 e. The molecule has 8 nitrogen and oxygen atoms in total. The summed E-state index contributed by atoms with van der Waals surface area (Å²) in [6.45, 7) is 6.36. The van der Waals surface area contributed by atoms with Crippen LogP contribution in [0.1, 0.15) is 24.3 Å². The summed E-state index contributed by atoms with van der Waals surface area (Å²) in [6, 6.07) is 13.1. The van der Waals surface area contributed by atoms with Gasteiger partial charge in [-0.25, -0.2) is 0 Å². The molecule has 0 fully saturated rings. The van der Waals surface area contributed by atoms with Crippen molar-refractivity contribution >= 4 is 16.8 Å². The molecule has 1 atom stereocenters. The third-order valence-corrected chi connectivity index (χ3v) is 5.74. The second kappa shape index (κ2) is 11.1. The standard InChI is InChI=1S/C25H33N3O5/c1-6-27(7-2)16-17(29)15-26-25(30)23-24(33-5)19-10-8-9-11-20(19)28(23)21-13-12-18(31-3)14-22(21)32-4/h8-14,17,29H,6-7,15-16H2,1-5H3,(H,26,30). The van der Waals surface area contributed by atoms with Crippen molar-refractivity contribution in [3.63, 3.8) is 0 Å². The minimum atomic E-state index is -0.687. The molecule has 0 saturated heterocycles. The van der Waals surface area contributed by atoms with Crippen LogP contribution >= 0.6 is 0 Å². The Bertz CT molecular complexity index is 1090. The van der Waals surface area contributed by atoms with E-state index < -0.39 is 6.10 Å². The van der Waals surface area contributed by atoms with Gasteiger partial charge in [0, 0.05) is 24.5 Å². The molecule has 178 valence electrons. The quantitative estimate of drug-likeness (QED) is 0.462. The molecule has 33 heavy (non-hydrogen) atoms. The molecule has 0 bridgehead atoms. The monoisotopic (exact) mass is 455 g/mol. The molecule has 2 N–H and O–H groups in total. The van der Waals surface area contributed by atoms with Gasteiger partial charge >= 0.3 is 0 Å². The van der Waals surface area contributed by atoms with Crippen LogP contribution in [0.25, 0.3) is 16.6 Å². The fraction of sp³-hybridized carbons (Fsp3) is 0.400. The van der Waals surface area contributed by atoms with Crippen LogP contribution in [0.5, 0.6) is 17.2 Å². The molecule has 1 amide bonds. The van der Waals surface area contributed by atoms with Gasteiger partial charge in [0.2, 0.25) is 0 Å². The molecule has 0 aliphatic rings. The topological polar surface area (TPSA) is 85.2 Å². The number of aliphatic hydroxyl groups excluding tert-OH is 1. The van der Waals surface area contributed by atoms with E-state index in [0.29, 0.717) is 35.2 Å². The van der Waals surface area contributed by atoms with Crippen molar-refractivity contribution in [1.82, 2.24) is 14.8 Å². The number of rotatable bonds is 11. The Hall–Kier alpha value is -3.23. The van der Waals surface area contributed by atoms with Crippen LogP contribution in [0.2, 0.25) is 0 Å². The summed E-state index contributed by atoms with van der Waals surface area (Å²) >= 11 is 0.